The van der Waals surface area contributed by atoms with Gasteiger partial charge in [-0.15, -0.1) is 16.4 Å². The van der Waals surface area contributed by atoms with E-state index in [1.165, 1.54) is 23.1 Å². The monoisotopic (exact) mass is 345 g/mol. The Balaban J connectivity index is 1.85. The van der Waals surface area contributed by atoms with Crippen LogP contribution in [-0.2, 0) is 6.42 Å². The second kappa shape index (κ2) is 6.93. The molecule has 118 valence electrons. The molecule has 0 spiro atoms. The van der Waals surface area contributed by atoms with E-state index in [2.05, 4.69) is 20.8 Å². The lowest BCUT2D eigenvalue weighted by atomic mass is 10.2. The molecule has 0 aliphatic rings. The van der Waals surface area contributed by atoms with E-state index in [-0.39, 0.29) is 5.91 Å². The zero-order valence-electron chi connectivity index (χ0n) is 12.7. The van der Waals surface area contributed by atoms with E-state index >= 15 is 0 Å². The van der Waals surface area contributed by atoms with Gasteiger partial charge in [-0.05, 0) is 58.3 Å². The smallest absolute Gasteiger partial charge is 0.266 e. The summed E-state index contributed by atoms with van der Waals surface area (Å²) >= 11 is 2.92. The topological polar surface area (TPSA) is 72.7 Å². The highest BCUT2D eigenvalue weighted by molar-refractivity contribution is 7.98. The van der Waals surface area contributed by atoms with Gasteiger partial charge in [-0.2, -0.15) is 4.68 Å². The van der Waals surface area contributed by atoms with Gasteiger partial charge in [0.05, 0.1) is 10.6 Å². The van der Waals surface area contributed by atoms with Crippen LogP contribution in [0, 0.1) is 0 Å². The molecule has 0 atom stereocenters. The summed E-state index contributed by atoms with van der Waals surface area (Å²) in [5.41, 5.74) is 2.58. The molecule has 3 aromatic rings. The molecule has 0 aliphatic heterocycles. The van der Waals surface area contributed by atoms with Gasteiger partial charge < -0.3 is 5.32 Å². The Morgan fingerprint density at radius 3 is 3.04 bits per heavy atom. The van der Waals surface area contributed by atoms with Gasteiger partial charge in [0.15, 0.2) is 0 Å². The lowest BCUT2D eigenvalue weighted by Crippen LogP contribution is -2.12. The lowest BCUT2D eigenvalue weighted by molar-refractivity contribution is 0.103. The van der Waals surface area contributed by atoms with Gasteiger partial charge >= 0.3 is 0 Å². The fraction of sp³-hybridized carbons (Fsp3) is 0.200. The predicted octanol–water partition coefficient (Wildman–Crippen LogP) is 3.26. The second-order valence-electron chi connectivity index (χ2n) is 4.71. The minimum atomic E-state index is -0.0872. The highest BCUT2D eigenvalue weighted by Crippen LogP contribution is 2.22. The number of nitrogens with one attached hydrogen (secondary N) is 1. The Morgan fingerprint density at radius 1 is 1.39 bits per heavy atom. The lowest BCUT2D eigenvalue weighted by Gasteiger charge is -2.08. The zero-order valence-corrected chi connectivity index (χ0v) is 14.3. The van der Waals surface area contributed by atoms with Crippen LogP contribution in [0.4, 0.5) is 5.69 Å². The molecule has 23 heavy (non-hydrogen) atoms. The Morgan fingerprint density at radius 2 is 2.26 bits per heavy atom. The number of thioether (sulfide) groups is 1. The van der Waals surface area contributed by atoms with Crippen LogP contribution in [-0.4, -0.2) is 32.4 Å². The summed E-state index contributed by atoms with van der Waals surface area (Å²) in [5.74, 6) is -0.0872. The van der Waals surface area contributed by atoms with E-state index in [1.54, 1.807) is 4.68 Å². The fourth-order valence-electron chi connectivity index (χ4n) is 2.18. The Kier molecular flexibility index (Phi) is 4.73. The minimum absolute atomic E-state index is 0.0872. The maximum absolute atomic E-state index is 12.4. The molecular formula is C15H15N5OS2. The summed E-state index contributed by atoms with van der Waals surface area (Å²) in [4.78, 5) is 13.2. The van der Waals surface area contributed by atoms with Crippen molar-refractivity contribution < 1.29 is 4.79 Å². The molecule has 8 heteroatoms. The van der Waals surface area contributed by atoms with Crippen molar-refractivity contribution in [2.75, 3.05) is 11.6 Å². The standard InChI is InChI=1S/C15H15N5OS2/c1-3-10-7-8-23-13(10)14(21)16-11-5-4-6-12(9-11)20-15(22-2)17-18-19-20/h4-9H,3H2,1-2H3,(H,16,21). The van der Waals surface area contributed by atoms with Gasteiger partial charge in [0, 0.05) is 5.69 Å². The predicted molar refractivity (Wildman–Crippen MR) is 92.6 cm³/mol. The zero-order chi connectivity index (χ0) is 16.2. The van der Waals surface area contributed by atoms with Crippen molar-refractivity contribution in [1.29, 1.82) is 0 Å². The molecule has 6 nitrogen and oxygen atoms in total. The highest BCUT2D eigenvalue weighted by atomic mass is 32.2. The van der Waals surface area contributed by atoms with Crippen molar-refractivity contribution in [2.24, 2.45) is 0 Å². The Labute approximate surface area is 141 Å². The van der Waals surface area contributed by atoms with E-state index in [1.807, 2.05) is 48.9 Å². The number of hydrogen-bond acceptors (Lipinski definition) is 6. The number of aromatic nitrogens is 4. The van der Waals surface area contributed by atoms with Gasteiger partial charge in [0.1, 0.15) is 0 Å². The summed E-state index contributed by atoms with van der Waals surface area (Å²) in [6.45, 7) is 2.04. The molecule has 2 aromatic heterocycles. The van der Waals surface area contributed by atoms with Gasteiger partial charge in [-0.3, -0.25) is 4.79 Å². The molecule has 1 N–H and O–H groups in total. The molecule has 0 unspecified atom stereocenters. The Hall–Kier alpha value is -2.19. The first kappa shape index (κ1) is 15.7. The van der Waals surface area contributed by atoms with Gasteiger partial charge in [0.2, 0.25) is 5.16 Å². The van der Waals surface area contributed by atoms with Crippen molar-refractivity contribution in [3.05, 3.63) is 46.2 Å². The first-order valence-corrected chi connectivity index (χ1v) is 9.14. The van der Waals surface area contributed by atoms with E-state index in [4.69, 9.17) is 0 Å². The van der Waals surface area contributed by atoms with Crippen LogP contribution in [0.1, 0.15) is 22.2 Å². The van der Waals surface area contributed by atoms with Crippen LogP contribution in [0.3, 0.4) is 0 Å². The fourth-order valence-corrected chi connectivity index (χ4v) is 3.51. The number of thiophene rings is 1. The number of carbonyl (C=O) groups is 1. The molecule has 1 amide bonds. The SMILES string of the molecule is CCc1ccsc1C(=O)Nc1cccc(-n2nnnc2SC)c1. The average Bonchev–Trinajstić information content (AvgIpc) is 3.23. The molecule has 3 rings (SSSR count). The van der Waals surface area contributed by atoms with E-state index in [0.717, 1.165) is 22.5 Å². The summed E-state index contributed by atoms with van der Waals surface area (Å²) in [5, 5.41) is 17.2. The van der Waals surface area contributed by atoms with Crippen molar-refractivity contribution in [1.82, 2.24) is 20.2 Å². The summed E-state index contributed by atoms with van der Waals surface area (Å²) in [6, 6.07) is 9.46. The minimum Gasteiger partial charge on any atom is -0.321 e. The van der Waals surface area contributed by atoms with Crippen LogP contribution in [0.25, 0.3) is 5.69 Å². The third-order valence-corrected chi connectivity index (χ3v) is 4.88. The third-order valence-electron chi connectivity index (χ3n) is 3.31. The quantitative estimate of drug-likeness (QED) is 0.719. The number of nitrogens with zero attached hydrogens (tertiary/aromatic N) is 4. The maximum Gasteiger partial charge on any atom is 0.266 e. The normalized spacial score (nSPS) is 10.7. The number of tetrazole rings is 1. The molecule has 0 fully saturated rings. The molecule has 0 aliphatic carbocycles. The van der Waals surface area contributed by atoms with E-state index in [0.29, 0.717) is 10.8 Å². The van der Waals surface area contributed by atoms with E-state index in [9.17, 15) is 4.79 Å². The Bertz CT molecular complexity index is 827. The molecule has 0 radical (unpaired) electrons. The molecule has 0 bridgehead atoms. The number of amides is 1. The van der Waals surface area contributed by atoms with Crippen LogP contribution in [0.2, 0.25) is 0 Å². The van der Waals surface area contributed by atoms with Crippen LogP contribution >= 0.6 is 23.1 Å². The molecule has 0 saturated carbocycles. The number of hydrogen-bond donors (Lipinski definition) is 1. The molecule has 2 heterocycles. The number of aryl methyl sites for hydroxylation is 1. The summed E-state index contributed by atoms with van der Waals surface area (Å²) in [7, 11) is 0. The number of anilines is 1. The van der Waals surface area contributed by atoms with Crippen molar-refractivity contribution in [2.45, 2.75) is 18.5 Å². The second-order valence-corrected chi connectivity index (χ2v) is 6.40. The number of benzene rings is 1. The summed E-state index contributed by atoms with van der Waals surface area (Å²) < 4.78 is 1.64. The number of carbonyl (C=O) groups excluding carboxylic acids is 1. The molecule has 0 saturated heterocycles. The van der Waals surface area contributed by atoms with Crippen molar-refractivity contribution >= 4 is 34.7 Å². The van der Waals surface area contributed by atoms with Gasteiger partial charge in [-0.1, -0.05) is 24.8 Å². The van der Waals surface area contributed by atoms with Crippen LogP contribution in [0.15, 0.2) is 40.9 Å². The third kappa shape index (κ3) is 3.27. The molecule has 1 aromatic carbocycles. The van der Waals surface area contributed by atoms with Gasteiger partial charge in [-0.25, -0.2) is 0 Å². The van der Waals surface area contributed by atoms with Crippen molar-refractivity contribution in [3.8, 4) is 5.69 Å². The molecular weight excluding hydrogens is 330 g/mol. The first-order chi connectivity index (χ1) is 11.2. The number of rotatable bonds is 5. The summed E-state index contributed by atoms with van der Waals surface area (Å²) in [6.07, 6.45) is 2.75. The van der Waals surface area contributed by atoms with Gasteiger partial charge in [0.25, 0.3) is 5.91 Å². The first-order valence-electron chi connectivity index (χ1n) is 7.03. The van der Waals surface area contributed by atoms with Crippen LogP contribution < -0.4 is 5.32 Å². The average molecular weight is 345 g/mol. The van der Waals surface area contributed by atoms with Crippen molar-refractivity contribution in [3.63, 3.8) is 0 Å². The van der Waals surface area contributed by atoms with Crippen LogP contribution in [0.5, 0.6) is 0 Å². The highest BCUT2D eigenvalue weighted by Gasteiger charge is 2.13. The largest absolute Gasteiger partial charge is 0.321 e. The maximum atomic E-state index is 12.4. The van der Waals surface area contributed by atoms with E-state index < -0.39 is 0 Å².